The van der Waals surface area contributed by atoms with Crippen LogP contribution in [-0.4, -0.2) is 66.8 Å². The first kappa shape index (κ1) is 27.0. The van der Waals surface area contributed by atoms with Crippen molar-refractivity contribution in [2.45, 2.75) is 45.3 Å². The van der Waals surface area contributed by atoms with Gasteiger partial charge in [0.1, 0.15) is 17.1 Å². The molecule has 4 rings (SSSR count). The predicted molar refractivity (Wildman–Crippen MR) is 141 cm³/mol. The fourth-order valence-electron chi connectivity index (χ4n) is 4.49. The summed E-state index contributed by atoms with van der Waals surface area (Å²) in [6.45, 7) is 3.18. The largest absolute Gasteiger partial charge is 0.433 e. The number of piperidine rings is 1. The Kier molecular flexibility index (Phi) is 8.13. The number of amides is 1. The van der Waals surface area contributed by atoms with Gasteiger partial charge in [0.15, 0.2) is 5.65 Å². The number of imidazole rings is 1. The lowest BCUT2D eigenvalue weighted by Crippen LogP contribution is -2.41. The fourth-order valence-corrected chi connectivity index (χ4v) is 5.47. The van der Waals surface area contributed by atoms with Gasteiger partial charge in [-0.15, -0.1) is 0 Å². The molecule has 0 spiro atoms. The zero-order chi connectivity index (χ0) is 26.6. The molecule has 1 atom stereocenters. The zero-order valence-electron chi connectivity index (χ0n) is 21.2. The second-order valence-corrected chi connectivity index (χ2v) is 12.1. The number of rotatable bonds is 10. The number of hydrogen-bond acceptors (Lipinski definition) is 5. The van der Waals surface area contributed by atoms with Crippen molar-refractivity contribution in [3.63, 3.8) is 0 Å². The second-order valence-electron chi connectivity index (χ2n) is 9.65. The van der Waals surface area contributed by atoms with Crippen LogP contribution in [0.2, 0.25) is 0 Å². The van der Waals surface area contributed by atoms with Gasteiger partial charge in [0.25, 0.3) is 0 Å². The van der Waals surface area contributed by atoms with Crippen LogP contribution in [0.15, 0.2) is 42.6 Å². The van der Waals surface area contributed by atoms with Gasteiger partial charge in [-0.3, -0.25) is 9.00 Å². The number of carbonyl (C=O) groups excluding carboxylic acids is 1. The summed E-state index contributed by atoms with van der Waals surface area (Å²) in [4.78, 5) is 21.8. The minimum Gasteiger partial charge on any atom is -0.433 e. The number of fused-ring (bicyclic) bond motifs is 1. The summed E-state index contributed by atoms with van der Waals surface area (Å²) in [5, 5.41) is 3.03. The number of hydrogen-bond donors (Lipinski definition) is 1. The van der Waals surface area contributed by atoms with E-state index in [1.165, 1.54) is 12.1 Å². The molecule has 8 nitrogen and oxygen atoms in total. The Balaban J connectivity index is 1.36. The summed E-state index contributed by atoms with van der Waals surface area (Å²) in [7, 11) is -2.17. The maximum absolute atomic E-state index is 13.1. The molecular formula is C26H33F2N5O3S. The van der Waals surface area contributed by atoms with E-state index in [-0.39, 0.29) is 18.1 Å². The average molecular weight is 534 g/mol. The Bertz CT molecular complexity index is 1330. The number of carbonyl (C=O) groups is 1. The normalized spacial score (nSPS) is 17.0. The van der Waals surface area contributed by atoms with Crippen LogP contribution >= 0.6 is 0 Å². The summed E-state index contributed by atoms with van der Waals surface area (Å²) in [5.74, 6) is 4.87. The lowest BCUT2D eigenvalue weighted by Gasteiger charge is -2.32. The molecule has 1 saturated heterocycles. The van der Waals surface area contributed by atoms with E-state index in [1.807, 2.05) is 21.0 Å². The van der Waals surface area contributed by atoms with Crippen molar-refractivity contribution < 1.29 is 22.5 Å². The second kappa shape index (κ2) is 11.1. The van der Waals surface area contributed by atoms with E-state index in [1.54, 1.807) is 24.6 Å². The first-order chi connectivity index (χ1) is 17.5. The van der Waals surface area contributed by atoms with Gasteiger partial charge in [0, 0.05) is 61.6 Å². The summed E-state index contributed by atoms with van der Waals surface area (Å²) in [5.41, 5.74) is 2.29. The molecular weight excluding hydrogens is 500 g/mol. The number of benzene rings is 1. The highest BCUT2D eigenvalue weighted by molar-refractivity contribution is 7.97. The van der Waals surface area contributed by atoms with Crippen LogP contribution in [0.4, 0.5) is 8.78 Å². The number of nitrogens with one attached hydrogen (secondary N) is 1. The number of nitrogens with zero attached hydrogens (tertiary/aromatic N) is 4. The molecule has 0 radical (unpaired) electrons. The minimum absolute atomic E-state index is 0.0487. The van der Waals surface area contributed by atoms with Crippen molar-refractivity contribution in [3.05, 3.63) is 54.0 Å². The van der Waals surface area contributed by atoms with Crippen molar-refractivity contribution in [2.24, 2.45) is 5.92 Å². The smallest absolute Gasteiger partial charge is 0.394 e. The molecule has 1 aromatic carbocycles. The van der Waals surface area contributed by atoms with Gasteiger partial charge in [-0.25, -0.2) is 14.3 Å². The van der Waals surface area contributed by atoms with Gasteiger partial charge in [-0.2, -0.15) is 8.78 Å². The number of halogens is 2. The number of aryl methyl sites for hydroxylation is 1. The van der Waals surface area contributed by atoms with Crippen LogP contribution in [0, 0.1) is 5.92 Å². The molecule has 1 N–H and O–H groups in total. The number of alkyl halides is 2. The number of aromatic nitrogens is 3. The summed E-state index contributed by atoms with van der Waals surface area (Å²) >= 11 is 0. The quantitative estimate of drug-likeness (QED) is 0.403. The fraction of sp³-hybridized carbons (Fsp3) is 0.462. The first-order valence-corrected chi connectivity index (χ1v) is 14.4. The third-order valence-corrected chi connectivity index (χ3v) is 7.88. The molecule has 1 aliphatic rings. The maximum atomic E-state index is 13.1. The van der Waals surface area contributed by atoms with Gasteiger partial charge in [-0.1, -0.05) is 12.1 Å². The molecule has 0 bridgehead atoms. The monoisotopic (exact) mass is 533 g/mol. The van der Waals surface area contributed by atoms with E-state index in [2.05, 4.69) is 25.9 Å². The molecule has 3 aromatic rings. The Hall–Kier alpha value is -3.05. The van der Waals surface area contributed by atoms with E-state index in [9.17, 15) is 17.8 Å². The van der Waals surface area contributed by atoms with Crippen LogP contribution in [0.3, 0.4) is 0 Å². The Morgan fingerprint density at radius 1 is 1.24 bits per heavy atom. The van der Waals surface area contributed by atoms with Crippen molar-refractivity contribution in [1.29, 1.82) is 0 Å². The van der Waals surface area contributed by atoms with E-state index >= 15 is 0 Å². The van der Waals surface area contributed by atoms with Crippen LogP contribution in [0.1, 0.15) is 37.6 Å². The molecule has 0 saturated carbocycles. The highest BCUT2D eigenvalue weighted by atomic mass is 32.2. The van der Waals surface area contributed by atoms with Crippen LogP contribution < -0.4 is 10.1 Å². The third-order valence-electron chi connectivity index (χ3n) is 6.43. The molecule has 3 heterocycles. The van der Waals surface area contributed by atoms with Gasteiger partial charge in [-0.05, 0) is 54.5 Å². The summed E-state index contributed by atoms with van der Waals surface area (Å²) < 4.78 is 46.8. The van der Waals surface area contributed by atoms with Gasteiger partial charge in [0.2, 0.25) is 5.91 Å². The number of ether oxygens (including phenoxy) is 1. The molecule has 200 valence electrons. The lowest BCUT2D eigenvalue weighted by atomic mass is 9.98. The minimum atomic E-state index is -3.25. The molecule has 0 aliphatic carbocycles. The van der Waals surface area contributed by atoms with E-state index in [0.717, 1.165) is 42.8 Å². The van der Waals surface area contributed by atoms with Crippen molar-refractivity contribution in [3.8, 4) is 5.75 Å². The van der Waals surface area contributed by atoms with Crippen LogP contribution in [0.5, 0.6) is 5.75 Å². The highest BCUT2D eigenvalue weighted by Crippen LogP contribution is 2.23. The highest BCUT2D eigenvalue weighted by Gasteiger charge is 2.24. The number of pyridine rings is 1. The van der Waals surface area contributed by atoms with Gasteiger partial charge >= 0.3 is 6.11 Å². The van der Waals surface area contributed by atoms with Crippen LogP contribution in [0.25, 0.3) is 11.2 Å². The molecule has 1 fully saturated rings. The standard InChI is InChI=1S/C26H33F2N5O3S/c1-26(27,28)36-21-8-6-20(7-9-21)18-33-23(31-22-5-4-14-29-25(22)33)10-11-24(34)30-17-19-12-15-32(16-13-19)37(2,3)35/h4-9,14,19H,2,10-13,15-18H2,1,3H3,(H,30,34). The average Bonchev–Trinajstić information content (AvgIpc) is 3.18. The van der Waals surface area contributed by atoms with Crippen molar-refractivity contribution in [2.75, 3.05) is 25.9 Å². The molecule has 11 heteroatoms. The van der Waals surface area contributed by atoms with Crippen LogP contribution in [-0.2, 0) is 27.5 Å². The SMILES string of the molecule is C=S(C)(=O)N1CCC(CNC(=O)CCc2nc3cccnc3n2Cc2ccc(OC(C)(F)F)cc2)CC1. The first-order valence-electron chi connectivity index (χ1n) is 12.3. The predicted octanol–water partition coefficient (Wildman–Crippen LogP) is 3.49. The molecule has 1 amide bonds. The zero-order valence-corrected chi connectivity index (χ0v) is 22.0. The lowest BCUT2D eigenvalue weighted by molar-refractivity contribution is -0.158. The Labute approximate surface area is 216 Å². The summed E-state index contributed by atoms with van der Waals surface area (Å²) in [6, 6.07) is 10.1. The van der Waals surface area contributed by atoms with Gasteiger partial charge < -0.3 is 14.6 Å². The van der Waals surface area contributed by atoms with Gasteiger partial charge in [0.05, 0.1) is 6.54 Å². The molecule has 37 heavy (non-hydrogen) atoms. The summed E-state index contributed by atoms with van der Waals surface area (Å²) in [6.07, 6.45) is 2.57. The van der Waals surface area contributed by atoms with E-state index < -0.39 is 15.8 Å². The Morgan fingerprint density at radius 3 is 2.59 bits per heavy atom. The Morgan fingerprint density at radius 2 is 1.95 bits per heavy atom. The van der Waals surface area contributed by atoms with E-state index in [4.69, 9.17) is 0 Å². The van der Waals surface area contributed by atoms with E-state index in [0.29, 0.717) is 38.0 Å². The maximum Gasteiger partial charge on any atom is 0.394 e. The topological polar surface area (TPSA) is 89.4 Å². The third kappa shape index (κ3) is 7.48. The van der Waals surface area contributed by atoms with Crippen molar-refractivity contribution in [1.82, 2.24) is 24.2 Å². The van der Waals surface area contributed by atoms with Crippen molar-refractivity contribution >= 4 is 32.6 Å². The molecule has 2 aromatic heterocycles. The molecule has 1 unspecified atom stereocenters. The molecule has 1 aliphatic heterocycles.